The van der Waals surface area contributed by atoms with Crippen molar-refractivity contribution in [2.45, 2.75) is 83.6 Å². The number of likely N-dealkylation sites (tertiary alicyclic amines) is 1. The predicted octanol–water partition coefficient (Wildman–Crippen LogP) is 3.44. The summed E-state index contributed by atoms with van der Waals surface area (Å²) < 4.78 is 14.4. The van der Waals surface area contributed by atoms with E-state index in [1.165, 1.54) is 4.90 Å². The van der Waals surface area contributed by atoms with E-state index in [9.17, 15) is 23.6 Å². The van der Waals surface area contributed by atoms with Gasteiger partial charge >= 0.3 is 0 Å². The third-order valence-corrected chi connectivity index (χ3v) is 8.61. The molecule has 2 heterocycles. The summed E-state index contributed by atoms with van der Waals surface area (Å²) in [4.78, 5) is 59.0. The van der Waals surface area contributed by atoms with Gasteiger partial charge in [0.05, 0.1) is 28.5 Å². The number of nitrogens with one attached hydrogen (secondary N) is 3. The first kappa shape index (κ1) is 29.6. The lowest BCUT2D eigenvalue weighted by molar-refractivity contribution is -0.145. The maximum atomic E-state index is 14.4. The fourth-order valence-electron chi connectivity index (χ4n) is 4.97. The van der Waals surface area contributed by atoms with Gasteiger partial charge in [-0.3, -0.25) is 19.2 Å². The largest absolute Gasteiger partial charge is 0.359 e. The topological polar surface area (TPSA) is 121 Å². The van der Waals surface area contributed by atoms with Crippen molar-refractivity contribution in [3.05, 3.63) is 41.0 Å². The van der Waals surface area contributed by atoms with Crippen LogP contribution >= 0.6 is 11.3 Å². The summed E-state index contributed by atoms with van der Waals surface area (Å²) in [5.41, 5.74) is 1.88. The fourth-order valence-corrected chi connectivity index (χ4v) is 5.78. The van der Waals surface area contributed by atoms with E-state index in [-0.39, 0.29) is 31.1 Å². The molecule has 4 amide bonds. The van der Waals surface area contributed by atoms with Crippen LogP contribution < -0.4 is 16.0 Å². The third kappa shape index (κ3) is 6.51. The molecule has 0 bridgehead atoms. The van der Waals surface area contributed by atoms with Crippen LogP contribution in [0.25, 0.3) is 10.4 Å². The Hall–Kier alpha value is -3.34. The number of rotatable bonds is 9. The highest BCUT2D eigenvalue weighted by molar-refractivity contribution is 7.13. The predicted molar refractivity (Wildman–Crippen MR) is 151 cm³/mol. The second-order valence-corrected chi connectivity index (χ2v) is 12.6. The zero-order chi connectivity index (χ0) is 29.2. The maximum absolute atomic E-state index is 14.4. The number of nitrogens with zero attached hydrogens (tertiary/aromatic N) is 2. The molecule has 1 aromatic heterocycles. The molecule has 2 aromatic rings. The van der Waals surface area contributed by atoms with E-state index in [0.29, 0.717) is 19.4 Å². The first-order valence-corrected chi connectivity index (χ1v) is 14.5. The number of aryl methyl sites for hydroxylation is 1. The molecule has 1 aliphatic carbocycles. The molecule has 3 atom stereocenters. The van der Waals surface area contributed by atoms with E-state index < -0.39 is 41.0 Å². The zero-order valence-electron chi connectivity index (χ0n) is 23.7. The summed E-state index contributed by atoms with van der Waals surface area (Å²) in [6.07, 6.45) is 1.39. The average molecular weight is 572 g/mol. The summed E-state index contributed by atoms with van der Waals surface area (Å²) in [7, 11) is 1.54. The van der Waals surface area contributed by atoms with Crippen LogP contribution in [0.1, 0.15) is 70.2 Å². The van der Waals surface area contributed by atoms with Crippen molar-refractivity contribution in [1.82, 2.24) is 25.8 Å². The van der Waals surface area contributed by atoms with E-state index in [1.807, 2.05) is 31.2 Å². The van der Waals surface area contributed by atoms with Crippen molar-refractivity contribution in [2.24, 2.45) is 5.41 Å². The van der Waals surface area contributed by atoms with Crippen LogP contribution in [0.3, 0.4) is 0 Å². The van der Waals surface area contributed by atoms with Crippen molar-refractivity contribution in [1.29, 1.82) is 0 Å². The van der Waals surface area contributed by atoms with Gasteiger partial charge in [0.2, 0.25) is 17.7 Å². The van der Waals surface area contributed by atoms with Crippen LogP contribution in [-0.2, 0) is 19.2 Å². The molecule has 11 heteroatoms. The summed E-state index contributed by atoms with van der Waals surface area (Å²) in [6.45, 7) is 7.70. The monoisotopic (exact) mass is 571 g/mol. The molecule has 1 aromatic carbocycles. The Bertz CT molecular complexity index is 1270. The Balaban J connectivity index is 1.51. The molecule has 40 heavy (non-hydrogen) atoms. The molecular weight excluding hydrogens is 533 g/mol. The third-order valence-electron chi connectivity index (χ3n) is 7.63. The number of hydrogen-bond donors (Lipinski definition) is 3. The lowest BCUT2D eigenvalue weighted by Gasteiger charge is -2.36. The quantitative estimate of drug-likeness (QED) is 0.426. The van der Waals surface area contributed by atoms with E-state index in [1.54, 1.807) is 44.7 Å². The summed E-state index contributed by atoms with van der Waals surface area (Å²) in [5, 5.41) is 8.23. The van der Waals surface area contributed by atoms with Gasteiger partial charge in [-0.25, -0.2) is 9.37 Å². The summed E-state index contributed by atoms with van der Waals surface area (Å²) in [5.74, 6) is -1.79. The van der Waals surface area contributed by atoms with Crippen molar-refractivity contribution in [3.8, 4) is 10.4 Å². The number of carbonyl (C=O) groups is 4. The number of carbonyl (C=O) groups excluding carboxylic acids is 4. The lowest BCUT2D eigenvalue weighted by Crippen LogP contribution is -2.59. The van der Waals surface area contributed by atoms with E-state index >= 15 is 0 Å². The number of benzene rings is 1. The van der Waals surface area contributed by atoms with Crippen LogP contribution in [0.5, 0.6) is 0 Å². The Labute approximate surface area is 238 Å². The summed E-state index contributed by atoms with van der Waals surface area (Å²) >= 11 is 1.54. The highest BCUT2D eigenvalue weighted by Crippen LogP contribution is 2.40. The Morgan fingerprint density at radius 1 is 1.15 bits per heavy atom. The molecule has 2 aliphatic rings. The molecular formula is C29H38FN5O4S. The molecule has 2 fully saturated rings. The van der Waals surface area contributed by atoms with Gasteiger partial charge in [0.15, 0.2) is 5.67 Å². The van der Waals surface area contributed by atoms with Crippen LogP contribution in [0.2, 0.25) is 0 Å². The maximum Gasteiger partial charge on any atom is 0.258 e. The SMILES string of the molecule is CNC(=O)C[C@H](NC(=O)[C@@H]1CCCN1C(=O)[C@@H](NC(=O)C1(F)CC1)C(C)(C)C)c1ccc(-c2scnc2C)cc1. The Morgan fingerprint density at radius 3 is 2.38 bits per heavy atom. The zero-order valence-corrected chi connectivity index (χ0v) is 24.5. The minimum atomic E-state index is -1.91. The Morgan fingerprint density at radius 2 is 1.82 bits per heavy atom. The van der Waals surface area contributed by atoms with Gasteiger partial charge in [0.1, 0.15) is 12.1 Å². The number of thiazole rings is 1. The van der Waals surface area contributed by atoms with Gasteiger partial charge < -0.3 is 20.9 Å². The van der Waals surface area contributed by atoms with Gasteiger partial charge in [-0.2, -0.15) is 0 Å². The van der Waals surface area contributed by atoms with E-state index in [4.69, 9.17) is 0 Å². The van der Waals surface area contributed by atoms with E-state index in [2.05, 4.69) is 20.9 Å². The normalized spacial score (nSPS) is 19.4. The Kier molecular flexibility index (Phi) is 8.63. The minimum absolute atomic E-state index is 0.0289. The fraction of sp³-hybridized carbons (Fsp3) is 0.552. The van der Waals surface area contributed by atoms with Crippen LogP contribution in [-0.4, -0.2) is 64.9 Å². The second kappa shape index (κ2) is 11.6. The van der Waals surface area contributed by atoms with Gasteiger partial charge in [-0.15, -0.1) is 11.3 Å². The smallest absolute Gasteiger partial charge is 0.258 e. The molecule has 3 N–H and O–H groups in total. The van der Waals surface area contributed by atoms with Gasteiger partial charge in [0.25, 0.3) is 5.91 Å². The van der Waals surface area contributed by atoms with Gasteiger partial charge in [0, 0.05) is 13.6 Å². The number of amides is 4. The molecule has 216 valence electrons. The standard InChI is InChI=1S/C29H38FN5O4S/c1-17-23(40-16-32-17)19-10-8-18(9-11-19)20(15-22(36)31-5)33-25(37)21-7-6-14-35(21)26(38)24(28(2,3)4)34-27(39)29(30)12-13-29/h8-11,16,20-21,24H,6-7,12-15H2,1-5H3,(H,31,36)(H,33,37)(H,34,39)/t20-,21-,24+/m0/s1. The molecule has 1 aliphatic heterocycles. The molecule has 4 rings (SSSR count). The average Bonchev–Trinajstić information content (AvgIpc) is 3.28. The minimum Gasteiger partial charge on any atom is -0.359 e. The first-order chi connectivity index (χ1) is 18.8. The van der Waals surface area contributed by atoms with Crippen molar-refractivity contribution < 1.29 is 23.6 Å². The summed E-state index contributed by atoms with van der Waals surface area (Å²) in [6, 6.07) is 5.30. The molecule has 0 unspecified atom stereocenters. The highest BCUT2D eigenvalue weighted by atomic mass is 32.1. The number of halogens is 1. The highest BCUT2D eigenvalue weighted by Gasteiger charge is 2.53. The van der Waals surface area contributed by atoms with Crippen LogP contribution in [0, 0.1) is 12.3 Å². The molecule has 0 radical (unpaired) electrons. The number of alkyl halides is 1. The van der Waals surface area contributed by atoms with Crippen LogP contribution in [0.15, 0.2) is 29.8 Å². The van der Waals surface area contributed by atoms with Crippen LogP contribution in [0.4, 0.5) is 4.39 Å². The number of hydrogen-bond acceptors (Lipinski definition) is 6. The lowest BCUT2D eigenvalue weighted by atomic mass is 9.85. The first-order valence-electron chi connectivity index (χ1n) is 13.7. The molecule has 1 saturated carbocycles. The van der Waals surface area contributed by atoms with Gasteiger partial charge in [-0.05, 0) is 49.1 Å². The second-order valence-electron chi connectivity index (χ2n) is 11.8. The molecule has 0 spiro atoms. The van der Waals surface area contributed by atoms with E-state index in [0.717, 1.165) is 21.7 Å². The van der Waals surface area contributed by atoms with Crippen molar-refractivity contribution in [2.75, 3.05) is 13.6 Å². The van der Waals surface area contributed by atoms with Gasteiger partial charge in [-0.1, -0.05) is 45.0 Å². The van der Waals surface area contributed by atoms with Crippen molar-refractivity contribution >= 4 is 35.0 Å². The molecule has 1 saturated heterocycles. The number of aromatic nitrogens is 1. The van der Waals surface area contributed by atoms with Crippen molar-refractivity contribution in [3.63, 3.8) is 0 Å². The molecule has 9 nitrogen and oxygen atoms in total.